The van der Waals surface area contributed by atoms with Gasteiger partial charge in [0.25, 0.3) is 0 Å². The van der Waals surface area contributed by atoms with Crippen molar-refractivity contribution in [2.24, 2.45) is 5.92 Å². The van der Waals surface area contributed by atoms with Crippen molar-refractivity contribution in [1.29, 1.82) is 0 Å². The molecule has 103 heavy (non-hydrogen) atoms. The van der Waals surface area contributed by atoms with E-state index >= 15 is 0 Å². The molecule has 0 saturated carbocycles. The largest absolute Gasteiger partial charge is 0.472 e. The van der Waals surface area contributed by atoms with Crippen LogP contribution in [0.4, 0.5) is 0 Å². The Morgan fingerprint density at radius 3 is 0.660 bits per heavy atom. The first-order valence-electron chi connectivity index (χ1n) is 43.6. The first-order valence-corrected chi connectivity index (χ1v) is 46.6. The Hall–Kier alpha value is -1.94. The zero-order valence-electron chi connectivity index (χ0n) is 67.5. The van der Waals surface area contributed by atoms with Gasteiger partial charge in [0.15, 0.2) is 12.2 Å². The van der Waals surface area contributed by atoms with Crippen LogP contribution in [-0.2, 0) is 65.4 Å². The van der Waals surface area contributed by atoms with Gasteiger partial charge in [0.05, 0.1) is 26.4 Å². The predicted octanol–water partition coefficient (Wildman–Crippen LogP) is 25.6. The standard InChI is InChI=1S/C84H164O17P2/c1-6-9-12-15-18-21-24-27-30-32-33-34-35-36-37-39-42-45-48-55-60-65-70-84(89)100-79(73-94-81(86)67-62-57-52-46-43-41-38-31-28-25-22-19-16-13-10-7-2)75-98-102(90,91)96-71-78(85)72-97-103(92,93)99-76-80(74-95-82(87)68-63-58-53-50-49-51-56-61-66-77(4)5)101-83(88)69-64-59-54-47-44-40-29-26-23-20-17-14-11-8-3/h77-80,85H,6-76H2,1-5H3,(H,90,91)(H,92,93)/t78-,79-,80-/m1/s1. The third-order valence-corrected chi connectivity index (χ3v) is 21.7. The zero-order chi connectivity index (χ0) is 75.5. The number of ether oxygens (including phenoxy) is 4. The van der Waals surface area contributed by atoms with Gasteiger partial charge >= 0.3 is 39.5 Å². The highest BCUT2D eigenvalue weighted by atomic mass is 31.2. The van der Waals surface area contributed by atoms with Crippen LogP contribution in [-0.4, -0.2) is 96.7 Å². The van der Waals surface area contributed by atoms with Gasteiger partial charge < -0.3 is 33.8 Å². The van der Waals surface area contributed by atoms with Gasteiger partial charge in [-0.1, -0.05) is 401 Å². The molecule has 0 aliphatic rings. The Bertz CT molecular complexity index is 1960. The van der Waals surface area contributed by atoms with Crippen molar-refractivity contribution in [1.82, 2.24) is 0 Å². The molecule has 0 heterocycles. The second-order valence-electron chi connectivity index (χ2n) is 30.7. The van der Waals surface area contributed by atoms with Crippen molar-refractivity contribution in [2.45, 2.75) is 470 Å². The maximum atomic E-state index is 13.1. The number of phosphoric ester groups is 2. The lowest BCUT2D eigenvalue weighted by Crippen LogP contribution is -2.30. The Morgan fingerprint density at radius 1 is 0.262 bits per heavy atom. The van der Waals surface area contributed by atoms with Gasteiger partial charge in [-0.25, -0.2) is 9.13 Å². The average molecular weight is 1510 g/mol. The molecule has 2 unspecified atom stereocenters. The fraction of sp³-hybridized carbons (Fsp3) is 0.952. The van der Waals surface area contributed by atoms with Crippen LogP contribution in [0.15, 0.2) is 0 Å². The van der Waals surface area contributed by atoms with Gasteiger partial charge in [-0.2, -0.15) is 0 Å². The molecular formula is C84H164O17P2. The fourth-order valence-electron chi connectivity index (χ4n) is 13.1. The van der Waals surface area contributed by atoms with Crippen LogP contribution in [0, 0.1) is 5.92 Å². The highest BCUT2D eigenvalue weighted by molar-refractivity contribution is 7.47. The minimum atomic E-state index is -4.96. The molecule has 612 valence electrons. The third kappa shape index (κ3) is 78.0. The van der Waals surface area contributed by atoms with Crippen LogP contribution in [0.25, 0.3) is 0 Å². The summed E-state index contributed by atoms with van der Waals surface area (Å²) >= 11 is 0. The van der Waals surface area contributed by atoms with Crippen molar-refractivity contribution in [2.75, 3.05) is 39.6 Å². The summed E-state index contributed by atoms with van der Waals surface area (Å²) in [6.45, 7) is 7.32. The molecule has 0 bridgehead atoms. The molecule has 0 fully saturated rings. The highest BCUT2D eigenvalue weighted by Gasteiger charge is 2.30. The van der Waals surface area contributed by atoms with Crippen LogP contribution < -0.4 is 0 Å². The summed E-state index contributed by atoms with van der Waals surface area (Å²) in [6.07, 6.45) is 69.5. The number of aliphatic hydroxyl groups excluding tert-OH is 1. The summed E-state index contributed by atoms with van der Waals surface area (Å²) in [4.78, 5) is 73.1. The molecule has 0 rings (SSSR count). The Morgan fingerprint density at radius 2 is 0.447 bits per heavy atom. The van der Waals surface area contributed by atoms with E-state index in [0.717, 1.165) is 95.8 Å². The number of carbonyl (C=O) groups excluding carboxylic acids is 4. The predicted molar refractivity (Wildman–Crippen MR) is 423 cm³/mol. The number of phosphoric acid groups is 2. The second kappa shape index (κ2) is 76.8. The summed E-state index contributed by atoms with van der Waals surface area (Å²) in [5.74, 6) is -1.38. The normalized spacial score (nSPS) is 13.8. The van der Waals surface area contributed by atoms with E-state index in [1.165, 1.54) is 276 Å². The maximum Gasteiger partial charge on any atom is 0.472 e. The number of esters is 4. The molecule has 0 amide bonds. The second-order valence-corrected chi connectivity index (χ2v) is 33.6. The lowest BCUT2D eigenvalue weighted by molar-refractivity contribution is -0.161. The van der Waals surface area contributed by atoms with Crippen molar-refractivity contribution in [3.63, 3.8) is 0 Å². The summed E-state index contributed by atoms with van der Waals surface area (Å²) in [5, 5.41) is 10.7. The maximum absolute atomic E-state index is 13.1. The van der Waals surface area contributed by atoms with Gasteiger partial charge in [0.1, 0.15) is 19.3 Å². The van der Waals surface area contributed by atoms with Crippen molar-refractivity contribution < 1.29 is 80.2 Å². The van der Waals surface area contributed by atoms with E-state index in [0.29, 0.717) is 25.7 Å². The number of aliphatic hydroxyl groups is 1. The van der Waals surface area contributed by atoms with E-state index < -0.39 is 97.5 Å². The lowest BCUT2D eigenvalue weighted by Gasteiger charge is -2.21. The van der Waals surface area contributed by atoms with E-state index in [9.17, 15) is 43.2 Å². The summed E-state index contributed by atoms with van der Waals surface area (Å²) in [7, 11) is -9.92. The summed E-state index contributed by atoms with van der Waals surface area (Å²) in [5.41, 5.74) is 0. The first-order chi connectivity index (χ1) is 50.0. The Labute approximate surface area is 632 Å². The molecule has 19 heteroatoms. The van der Waals surface area contributed by atoms with Gasteiger partial charge in [0, 0.05) is 25.7 Å². The Balaban J connectivity index is 5.22. The van der Waals surface area contributed by atoms with Crippen LogP contribution in [0.2, 0.25) is 0 Å². The van der Waals surface area contributed by atoms with E-state index in [1.807, 2.05) is 0 Å². The number of carbonyl (C=O) groups is 4. The number of hydrogen-bond acceptors (Lipinski definition) is 15. The molecule has 5 atom stereocenters. The number of rotatable bonds is 84. The smallest absolute Gasteiger partial charge is 0.462 e. The molecular weight excluding hydrogens is 1340 g/mol. The molecule has 0 aromatic carbocycles. The fourth-order valence-corrected chi connectivity index (χ4v) is 14.7. The molecule has 17 nitrogen and oxygen atoms in total. The minimum absolute atomic E-state index is 0.108. The van der Waals surface area contributed by atoms with E-state index in [1.54, 1.807) is 0 Å². The van der Waals surface area contributed by atoms with Gasteiger partial charge in [-0.3, -0.25) is 37.3 Å². The van der Waals surface area contributed by atoms with Crippen LogP contribution in [0.1, 0.15) is 452 Å². The first kappa shape index (κ1) is 101. The van der Waals surface area contributed by atoms with Gasteiger partial charge in [-0.15, -0.1) is 0 Å². The summed E-state index contributed by atoms with van der Waals surface area (Å²) in [6, 6.07) is 0. The molecule has 0 aliphatic heterocycles. The topological polar surface area (TPSA) is 237 Å². The molecule has 0 aliphatic carbocycles. The molecule has 0 aromatic heterocycles. The monoisotopic (exact) mass is 1510 g/mol. The summed E-state index contributed by atoms with van der Waals surface area (Å²) < 4.78 is 68.8. The Kier molecular flexibility index (Phi) is 75.4. The van der Waals surface area contributed by atoms with Crippen molar-refractivity contribution in [3.05, 3.63) is 0 Å². The van der Waals surface area contributed by atoms with E-state index in [2.05, 4.69) is 34.6 Å². The molecule has 0 saturated heterocycles. The van der Waals surface area contributed by atoms with E-state index in [4.69, 9.17) is 37.0 Å². The highest BCUT2D eigenvalue weighted by Crippen LogP contribution is 2.45. The van der Waals surface area contributed by atoms with Gasteiger partial charge in [0.2, 0.25) is 0 Å². The average Bonchev–Trinajstić information content (AvgIpc) is 0.910. The zero-order valence-corrected chi connectivity index (χ0v) is 69.3. The molecule has 0 radical (unpaired) electrons. The van der Waals surface area contributed by atoms with Gasteiger partial charge in [-0.05, 0) is 31.6 Å². The third-order valence-electron chi connectivity index (χ3n) is 19.8. The number of unbranched alkanes of at least 4 members (excludes halogenated alkanes) is 56. The molecule has 3 N–H and O–H groups in total. The minimum Gasteiger partial charge on any atom is -0.462 e. The SMILES string of the molecule is CCCCCCCCCCCCCCCCCCCCCCCCC(=O)O[C@H](COC(=O)CCCCCCCCCCCCCCCCCC)COP(=O)(O)OC[C@@H](O)COP(=O)(O)OC[C@@H](COC(=O)CCCCCCCCCCC(C)C)OC(=O)CCCCCCCCCCCCCCCC. The van der Waals surface area contributed by atoms with Crippen LogP contribution >= 0.6 is 15.6 Å². The van der Waals surface area contributed by atoms with Crippen LogP contribution in [0.3, 0.4) is 0 Å². The quantitative estimate of drug-likeness (QED) is 0.0222. The number of hydrogen-bond donors (Lipinski definition) is 3. The molecule has 0 aromatic rings. The van der Waals surface area contributed by atoms with Crippen molar-refractivity contribution >= 4 is 39.5 Å². The van der Waals surface area contributed by atoms with E-state index in [-0.39, 0.29) is 25.7 Å². The van der Waals surface area contributed by atoms with Crippen molar-refractivity contribution in [3.8, 4) is 0 Å². The molecule has 0 spiro atoms. The van der Waals surface area contributed by atoms with Crippen LogP contribution in [0.5, 0.6) is 0 Å². The lowest BCUT2D eigenvalue weighted by atomic mass is 10.0.